The van der Waals surface area contributed by atoms with E-state index in [9.17, 15) is 15.2 Å². The normalized spacial score (nSPS) is 11.6. The van der Waals surface area contributed by atoms with Crippen LogP contribution in [0.4, 0.5) is 11.4 Å². The zero-order valence-electron chi connectivity index (χ0n) is 17.9. The van der Waals surface area contributed by atoms with Gasteiger partial charge in [0.25, 0.3) is 5.56 Å². The van der Waals surface area contributed by atoms with Crippen molar-refractivity contribution < 1.29 is 5.11 Å². The number of aromatic nitrogens is 1. The Morgan fingerprint density at radius 1 is 1.10 bits per heavy atom. The third kappa shape index (κ3) is 5.15. The Labute approximate surface area is 181 Å². The van der Waals surface area contributed by atoms with Gasteiger partial charge >= 0.3 is 0 Å². The largest absolute Gasteiger partial charge is 0.493 e. The van der Waals surface area contributed by atoms with Gasteiger partial charge in [0.2, 0.25) is 5.88 Å². The minimum Gasteiger partial charge on any atom is -0.493 e. The number of benzene rings is 1. The topological polar surface area (TPSA) is 138 Å². The second kappa shape index (κ2) is 10.7. The lowest BCUT2D eigenvalue weighted by Crippen LogP contribution is -2.25. The molecule has 0 saturated carbocycles. The summed E-state index contributed by atoms with van der Waals surface area (Å²) in [4.78, 5) is 13.1. The maximum atomic E-state index is 13.1. The van der Waals surface area contributed by atoms with E-state index in [4.69, 9.17) is 10.5 Å². The van der Waals surface area contributed by atoms with E-state index in [1.807, 2.05) is 25.1 Å². The van der Waals surface area contributed by atoms with Crippen molar-refractivity contribution in [2.75, 3.05) is 0 Å². The molecule has 0 amide bonds. The summed E-state index contributed by atoms with van der Waals surface area (Å²) in [7, 11) is 0. The molecule has 158 valence electrons. The van der Waals surface area contributed by atoms with Crippen LogP contribution in [0.1, 0.15) is 61.8 Å². The molecule has 0 saturated heterocycles. The Kier molecular flexibility index (Phi) is 8.06. The van der Waals surface area contributed by atoms with E-state index in [1.54, 1.807) is 0 Å². The van der Waals surface area contributed by atoms with Gasteiger partial charge < -0.3 is 5.11 Å². The third-order valence-corrected chi connectivity index (χ3v) is 5.26. The fourth-order valence-electron chi connectivity index (χ4n) is 3.29. The smallest absolute Gasteiger partial charge is 0.281 e. The molecule has 1 N–H and O–H groups in total. The lowest BCUT2D eigenvalue weighted by molar-refractivity contribution is 0.339. The van der Waals surface area contributed by atoms with Crippen LogP contribution < -0.4 is 5.56 Å². The molecule has 31 heavy (non-hydrogen) atoms. The second-order valence-electron chi connectivity index (χ2n) is 7.27. The van der Waals surface area contributed by atoms with Crippen LogP contribution in [0.25, 0.3) is 0 Å². The predicted molar refractivity (Wildman–Crippen MR) is 115 cm³/mol. The molecule has 0 aliphatic rings. The summed E-state index contributed by atoms with van der Waals surface area (Å²) in [6, 6.07) is 10.2. The molecule has 0 aliphatic carbocycles. The van der Waals surface area contributed by atoms with Crippen molar-refractivity contribution in [1.82, 2.24) is 4.57 Å². The quantitative estimate of drug-likeness (QED) is 0.596. The molecule has 0 spiro atoms. The van der Waals surface area contributed by atoms with Crippen LogP contribution in [0, 0.1) is 46.8 Å². The number of hydrogen-bond acceptors (Lipinski definition) is 7. The number of azo groups is 1. The number of rotatable bonds is 8. The molecule has 1 aromatic heterocycles. The van der Waals surface area contributed by atoms with Crippen LogP contribution in [0.15, 0.2) is 33.2 Å². The number of hydrogen-bond donors (Lipinski definition) is 1. The highest BCUT2D eigenvalue weighted by atomic mass is 16.3. The zero-order chi connectivity index (χ0) is 23.0. The molecule has 2 aromatic rings. The molecule has 2 rings (SSSR count). The monoisotopic (exact) mass is 416 g/mol. The van der Waals surface area contributed by atoms with E-state index in [1.165, 1.54) is 29.7 Å². The van der Waals surface area contributed by atoms with Gasteiger partial charge in [-0.15, -0.1) is 5.11 Å². The van der Waals surface area contributed by atoms with Crippen LogP contribution in [0.3, 0.4) is 0 Å². The van der Waals surface area contributed by atoms with E-state index in [0.29, 0.717) is 5.69 Å². The molecular formula is C23H24N6O2. The summed E-state index contributed by atoms with van der Waals surface area (Å²) in [5, 5.41) is 46.4. The summed E-state index contributed by atoms with van der Waals surface area (Å²) in [5.74, 6) is -0.177. The summed E-state index contributed by atoms with van der Waals surface area (Å²) in [6.07, 6.45) is 3.79. The molecule has 0 aliphatic heterocycles. The number of nitriles is 3. The Bertz CT molecular complexity index is 1170. The summed E-state index contributed by atoms with van der Waals surface area (Å²) >= 11 is 0. The first kappa shape index (κ1) is 23.3. The van der Waals surface area contributed by atoms with Crippen LogP contribution in [-0.4, -0.2) is 9.67 Å². The van der Waals surface area contributed by atoms with Crippen LogP contribution in [-0.2, 0) is 6.54 Å². The molecule has 0 bridgehead atoms. The van der Waals surface area contributed by atoms with Gasteiger partial charge in [-0.1, -0.05) is 33.1 Å². The average molecular weight is 416 g/mol. The summed E-state index contributed by atoms with van der Waals surface area (Å²) < 4.78 is 1.20. The van der Waals surface area contributed by atoms with Crippen LogP contribution >= 0.6 is 0 Å². The van der Waals surface area contributed by atoms with Crippen LogP contribution in [0.2, 0.25) is 0 Å². The fraction of sp³-hybridized carbons (Fsp3) is 0.391. The van der Waals surface area contributed by atoms with Crippen molar-refractivity contribution in [2.24, 2.45) is 16.1 Å². The minimum absolute atomic E-state index is 0.0172. The third-order valence-electron chi connectivity index (χ3n) is 5.26. The highest BCUT2D eigenvalue weighted by Gasteiger charge is 2.21. The van der Waals surface area contributed by atoms with E-state index in [-0.39, 0.29) is 46.3 Å². The van der Waals surface area contributed by atoms with Crippen molar-refractivity contribution in [1.29, 1.82) is 15.8 Å². The minimum atomic E-state index is -0.526. The second-order valence-corrected chi connectivity index (χ2v) is 7.27. The van der Waals surface area contributed by atoms with Gasteiger partial charge in [-0.25, -0.2) is 0 Å². The van der Waals surface area contributed by atoms with E-state index in [0.717, 1.165) is 25.7 Å². The predicted octanol–water partition coefficient (Wildman–Crippen LogP) is 5.11. The Morgan fingerprint density at radius 3 is 2.39 bits per heavy atom. The summed E-state index contributed by atoms with van der Waals surface area (Å²) in [6.45, 7) is 5.94. The van der Waals surface area contributed by atoms with Crippen molar-refractivity contribution in [3.63, 3.8) is 0 Å². The number of unbranched alkanes of at least 4 members (excludes halogenated alkanes) is 1. The lowest BCUT2D eigenvalue weighted by atomic mass is 9.99. The molecule has 1 atom stereocenters. The van der Waals surface area contributed by atoms with Gasteiger partial charge in [0.05, 0.1) is 16.8 Å². The zero-order valence-corrected chi connectivity index (χ0v) is 17.9. The molecule has 8 heteroatoms. The molecular weight excluding hydrogens is 392 g/mol. The first-order valence-electron chi connectivity index (χ1n) is 10.1. The van der Waals surface area contributed by atoms with E-state index in [2.05, 4.69) is 17.2 Å². The van der Waals surface area contributed by atoms with Crippen molar-refractivity contribution in [2.45, 2.75) is 53.0 Å². The van der Waals surface area contributed by atoms with Crippen LogP contribution in [0.5, 0.6) is 5.88 Å². The molecule has 1 unspecified atom stereocenters. The first-order valence-corrected chi connectivity index (χ1v) is 10.1. The molecule has 1 aromatic carbocycles. The van der Waals surface area contributed by atoms with Crippen molar-refractivity contribution in [3.8, 4) is 24.1 Å². The van der Waals surface area contributed by atoms with Gasteiger partial charge in [-0.05, 0) is 37.5 Å². The van der Waals surface area contributed by atoms with Crippen molar-refractivity contribution in [3.05, 3.63) is 50.8 Å². The SMILES string of the molecule is CCCCC(CC)Cn1c(O)c(C#N)c(C)c(N=Nc2ccc(C#N)c(C#N)c2)c1=O. The molecule has 0 fully saturated rings. The Balaban J connectivity index is 2.55. The number of nitrogens with zero attached hydrogens (tertiary/aromatic N) is 6. The number of pyridine rings is 1. The fourth-order valence-corrected chi connectivity index (χ4v) is 3.29. The summed E-state index contributed by atoms with van der Waals surface area (Å²) in [5.41, 5.74) is 0.316. The van der Waals surface area contributed by atoms with Gasteiger partial charge in [-0.3, -0.25) is 9.36 Å². The average Bonchev–Trinajstić information content (AvgIpc) is 2.78. The standard InChI is InChI=1S/C23H24N6O2/c1-4-6-7-16(5-2)14-29-22(30)20(13-26)15(3)21(23(29)31)28-27-19-9-8-17(11-24)18(10-19)12-25/h8-10,16,30H,4-7,14H2,1-3H3. The Morgan fingerprint density at radius 2 is 1.81 bits per heavy atom. The molecule has 1 heterocycles. The maximum absolute atomic E-state index is 13.1. The van der Waals surface area contributed by atoms with Crippen molar-refractivity contribution >= 4 is 11.4 Å². The van der Waals surface area contributed by atoms with Gasteiger partial charge in [-0.2, -0.15) is 20.9 Å². The lowest BCUT2D eigenvalue weighted by Gasteiger charge is -2.19. The van der Waals surface area contributed by atoms with Gasteiger partial charge in [0.15, 0.2) is 5.69 Å². The maximum Gasteiger partial charge on any atom is 0.281 e. The van der Waals surface area contributed by atoms with E-state index < -0.39 is 5.56 Å². The van der Waals surface area contributed by atoms with Gasteiger partial charge in [0.1, 0.15) is 23.8 Å². The Hall–Kier alpha value is -3.96. The highest BCUT2D eigenvalue weighted by Crippen LogP contribution is 2.28. The van der Waals surface area contributed by atoms with Gasteiger partial charge in [0, 0.05) is 12.1 Å². The first-order chi connectivity index (χ1) is 14.9. The molecule has 8 nitrogen and oxygen atoms in total. The van der Waals surface area contributed by atoms with E-state index >= 15 is 0 Å². The highest BCUT2D eigenvalue weighted by molar-refractivity contribution is 5.57. The number of aromatic hydroxyl groups is 1. The molecule has 0 radical (unpaired) electrons.